The number of hydrogen-bond donors (Lipinski definition) is 0. The molecule has 0 aliphatic heterocycles. The van der Waals surface area contributed by atoms with E-state index in [1.165, 1.54) is 42.4 Å². The number of nitrogens with zero attached hydrogens (tertiary/aromatic N) is 1. The fourth-order valence-corrected chi connectivity index (χ4v) is 6.99. The van der Waals surface area contributed by atoms with E-state index in [0.29, 0.717) is 5.92 Å². The maximum Gasteiger partial charge on any atom is 0.140 e. The smallest absolute Gasteiger partial charge is 0.140 e. The highest BCUT2D eigenvalue weighted by molar-refractivity contribution is 7.19. The van der Waals surface area contributed by atoms with Crippen molar-refractivity contribution in [1.29, 1.82) is 0 Å². The van der Waals surface area contributed by atoms with Crippen molar-refractivity contribution in [2.24, 2.45) is 5.92 Å². The molecule has 6 aromatic rings. The minimum absolute atomic E-state index is 0.0151. The Morgan fingerprint density at radius 2 is 1.71 bits per heavy atom. The summed E-state index contributed by atoms with van der Waals surface area (Å²) in [7, 11) is 0. The van der Waals surface area contributed by atoms with Crippen LogP contribution < -0.4 is 0 Å². The van der Waals surface area contributed by atoms with Gasteiger partial charge in [-0.1, -0.05) is 71.0 Å². The topological polar surface area (TPSA) is 26.0 Å². The number of thiophene rings is 1. The second-order valence-corrected chi connectivity index (χ2v) is 13.3. The molecule has 6 rings (SSSR count). The van der Waals surface area contributed by atoms with Gasteiger partial charge in [-0.25, -0.2) is 0 Å². The summed E-state index contributed by atoms with van der Waals surface area (Å²) in [6.45, 7) is 15.8. The first-order valence-corrected chi connectivity index (χ1v) is 14.4. The summed E-state index contributed by atoms with van der Waals surface area (Å²) in [4.78, 5) is 6.22. The Morgan fingerprint density at radius 1 is 0.921 bits per heavy atom. The van der Waals surface area contributed by atoms with Crippen molar-refractivity contribution in [2.45, 2.75) is 60.3 Å². The van der Waals surface area contributed by atoms with Crippen molar-refractivity contribution >= 4 is 43.2 Å². The Hall–Kier alpha value is -3.43. The molecule has 0 aliphatic carbocycles. The summed E-state index contributed by atoms with van der Waals surface area (Å²) in [6, 6.07) is 22.2. The summed E-state index contributed by atoms with van der Waals surface area (Å²) in [5.74, 6) is 1.61. The van der Waals surface area contributed by atoms with E-state index in [-0.39, 0.29) is 5.41 Å². The second-order valence-electron chi connectivity index (χ2n) is 12.0. The lowest BCUT2D eigenvalue weighted by molar-refractivity contribution is 0.596. The van der Waals surface area contributed by atoms with Crippen molar-refractivity contribution in [1.82, 2.24) is 4.98 Å². The molecule has 38 heavy (non-hydrogen) atoms. The fraction of sp³-hybridized carbons (Fsp3) is 0.286. The van der Waals surface area contributed by atoms with E-state index in [4.69, 9.17) is 9.40 Å². The number of pyridine rings is 1. The summed E-state index contributed by atoms with van der Waals surface area (Å²) in [6.07, 6.45) is 2.98. The average Bonchev–Trinajstić information content (AvgIpc) is 3.37. The van der Waals surface area contributed by atoms with Gasteiger partial charge in [-0.2, -0.15) is 0 Å². The molecule has 0 fully saturated rings. The molecule has 0 spiro atoms. The van der Waals surface area contributed by atoms with Crippen molar-refractivity contribution in [3.63, 3.8) is 0 Å². The van der Waals surface area contributed by atoms with Gasteiger partial charge in [0.15, 0.2) is 0 Å². The van der Waals surface area contributed by atoms with Crippen LogP contribution in [0.1, 0.15) is 56.2 Å². The third-order valence-electron chi connectivity index (χ3n) is 7.59. The molecule has 3 heterocycles. The maximum absolute atomic E-state index is 6.64. The quantitative estimate of drug-likeness (QED) is 0.232. The standard InChI is InChI=1S/C35H35NOS/c1-20(2)16-23-12-13-27-30(17-23)38-22(4)32(27)34-21(3)31-29(37-34)14-15-36-33(31)25-18-24-10-8-9-11-26(24)28(19-25)35(5,6)7/h8-15,17-20H,16H2,1-7H3. The number of aryl methyl sites for hydroxylation is 2. The van der Waals surface area contributed by atoms with Crippen LogP contribution in [0.5, 0.6) is 0 Å². The molecule has 0 saturated carbocycles. The highest BCUT2D eigenvalue weighted by atomic mass is 32.1. The molecule has 0 amide bonds. The Balaban J connectivity index is 1.57. The van der Waals surface area contributed by atoms with Crippen molar-refractivity contribution in [3.8, 4) is 22.6 Å². The highest BCUT2D eigenvalue weighted by Crippen LogP contribution is 2.45. The first-order chi connectivity index (χ1) is 18.1. The lowest BCUT2D eigenvalue weighted by Gasteiger charge is -2.22. The number of furan rings is 1. The lowest BCUT2D eigenvalue weighted by Crippen LogP contribution is -2.12. The zero-order chi connectivity index (χ0) is 26.8. The van der Waals surface area contributed by atoms with Gasteiger partial charge in [-0.3, -0.25) is 4.98 Å². The van der Waals surface area contributed by atoms with Crippen molar-refractivity contribution in [3.05, 3.63) is 88.4 Å². The predicted molar refractivity (Wildman–Crippen MR) is 164 cm³/mol. The second kappa shape index (κ2) is 9.10. The molecule has 2 nitrogen and oxygen atoms in total. The lowest BCUT2D eigenvalue weighted by atomic mass is 9.82. The Morgan fingerprint density at radius 3 is 2.47 bits per heavy atom. The van der Waals surface area contributed by atoms with Crippen LogP contribution in [0.2, 0.25) is 0 Å². The van der Waals surface area contributed by atoms with Crippen LogP contribution in [0.3, 0.4) is 0 Å². The van der Waals surface area contributed by atoms with Crippen LogP contribution in [0.25, 0.3) is 54.4 Å². The van der Waals surface area contributed by atoms with E-state index in [0.717, 1.165) is 40.0 Å². The molecule has 0 aliphatic rings. The Bertz CT molecular complexity index is 1830. The predicted octanol–water partition coefficient (Wildman–Crippen LogP) is 10.6. The van der Waals surface area contributed by atoms with Gasteiger partial charge >= 0.3 is 0 Å². The van der Waals surface area contributed by atoms with E-state index in [2.05, 4.69) is 103 Å². The van der Waals surface area contributed by atoms with Crippen LogP contribution in [0.15, 0.2) is 71.3 Å². The third-order valence-corrected chi connectivity index (χ3v) is 8.65. The molecule has 0 saturated heterocycles. The zero-order valence-corrected chi connectivity index (χ0v) is 24.2. The number of rotatable bonds is 4. The third kappa shape index (κ3) is 4.14. The maximum atomic E-state index is 6.64. The van der Waals surface area contributed by atoms with Gasteiger partial charge < -0.3 is 4.42 Å². The first-order valence-electron chi connectivity index (χ1n) is 13.6. The van der Waals surface area contributed by atoms with E-state index in [9.17, 15) is 0 Å². The molecule has 192 valence electrons. The Labute approximate surface area is 229 Å². The molecular formula is C35H35NOS. The molecule has 3 aromatic carbocycles. The number of aromatic nitrogens is 1. The van der Waals surface area contributed by atoms with Crippen LogP contribution in [-0.4, -0.2) is 4.98 Å². The molecule has 0 bridgehead atoms. The normalized spacial score (nSPS) is 12.4. The largest absolute Gasteiger partial charge is 0.456 e. The highest BCUT2D eigenvalue weighted by Gasteiger charge is 2.24. The molecule has 0 atom stereocenters. The van der Waals surface area contributed by atoms with Crippen molar-refractivity contribution in [2.75, 3.05) is 0 Å². The minimum atomic E-state index is 0.0151. The van der Waals surface area contributed by atoms with Gasteiger partial charge in [-0.15, -0.1) is 11.3 Å². The summed E-state index contributed by atoms with van der Waals surface area (Å²) in [5.41, 5.74) is 8.14. The Kier molecular flexibility index (Phi) is 5.96. The van der Waals surface area contributed by atoms with E-state index in [1.54, 1.807) is 0 Å². The van der Waals surface area contributed by atoms with Gasteiger partial charge in [0.05, 0.1) is 11.1 Å². The molecule has 0 unspecified atom stereocenters. The van der Waals surface area contributed by atoms with Crippen LogP contribution in [0.4, 0.5) is 0 Å². The van der Waals surface area contributed by atoms with Gasteiger partial charge in [0.2, 0.25) is 0 Å². The van der Waals surface area contributed by atoms with Crippen LogP contribution >= 0.6 is 11.3 Å². The van der Waals surface area contributed by atoms with Gasteiger partial charge in [0, 0.05) is 37.9 Å². The summed E-state index contributed by atoms with van der Waals surface area (Å²) >= 11 is 1.86. The molecule has 0 radical (unpaired) electrons. The number of hydrogen-bond acceptors (Lipinski definition) is 3. The van der Waals surface area contributed by atoms with Gasteiger partial charge in [-0.05, 0) is 77.8 Å². The molecule has 3 aromatic heterocycles. The van der Waals surface area contributed by atoms with Gasteiger partial charge in [0.25, 0.3) is 0 Å². The molecular weight excluding hydrogens is 482 g/mol. The van der Waals surface area contributed by atoms with E-state index >= 15 is 0 Å². The summed E-state index contributed by atoms with van der Waals surface area (Å²) in [5, 5.41) is 4.93. The van der Waals surface area contributed by atoms with E-state index in [1.807, 2.05) is 23.6 Å². The fourth-order valence-electron chi connectivity index (χ4n) is 5.86. The van der Waals surface area contributed by atoms with E-state index < -0.39 is 0 Å². The average molecular weight is 518 g/mol. The minimum Gasteiger partial charge on any atom is -0.456 e. The van der Waals surface area contributed by atoms with Crippen LogP contribution in [-0.2, 0) is 11.8 Å². The molecule has 0 N–H and O–H groups in total. The van der Waals surface area contributed by atoms with Crippen LogP contribution in [0, 0.1) is 19.8 Å². The zero-order valence-electron chi connectivity index (χ0n) is 23.4. The number of fused-ring (bicyclic) bond motifs is 3. The SMILES string of the molecule is Cc1sc2cc(CC(C)C)ccc2c1-c1oc2ccnc(-c3cc(C(C)(C)C)c4ccccc4c3)c2c1C. The summed E-state index contributed by atoms with van der Waals surface area (Å²) < 4.78 is 7.97. The number of benzene rings is 3. The first kappa shape index (κ1) is 24.9. The molecule has 3 heteroatoms. The van der Waals surface area contributed by atoms with Gasteiger partial charge in [0.1, 0.15) is 11.3 Å². The monoisotopic (exact) mass is 517 g/mol. The van der Waals surface area contributed by atoms with Crippen molar-refractivity contribution < 1.29 is 4.42 Å².